The number of fused-ring (bicyclic) bond motifs is 1. The Morgan fingerprint density at radius 3 is 2.40 bits per heavy atom. The summed E-state index contributed by atoms with van der Waals surface area (Å²) >= 11 is 0. The highest BCUT2D eigenvalue weighted by Gasteiger charge is 2.24. The van der Waals surface area contributed by atoms with Crippen molar-refractivity contribution >= 4 is 22.3 Å². The van der Waals surface area contributed by atoms with Gasteiger partial charge in [-0.2, -0.15) is 10.4 Å². The van der Waals surface area contributed by atoms with Crippen molar-refractivity contribution < 1.29 is 4.39 Å². The molecule has 2 aromatic heterocycles. The van der Waals surface area contributed by atoms with Crippen LogP contribution in [0.25, 0.3) is 16.6 Å². The number of para-hydroxylation sites is 2. The molecule has 3 heterocycles. The Morgan fingerprint density at radius 2 is 1.67 bits per heavy atom. The fraction of sp³-hybridized carbons (Fsp3) is 0.174. The van der Waals surface area contributed by atoms with E-state index in [4.69, 9.17) is 0 Å². The van der Waals surface area contributed by atoms with Crippen LogP contribution in [0.15, 0.2) is 67.1 Å². The van der Waals surface area contributed by atoms with Gasteiger partial charge in [0.2, 0.25) is 0 Å². The van der Waals surface area contributed by atoms with Gasteiger partial charge in [-0.3, -0.25) is 4.98 Å². The van der Waals surface area contributed by atoms with Crippen LogP contribution in [0.2, 0.25) is 0 Å². The SMILES string of the molecule is N#Cc1cnc2c(-n3cccn3)cccc2c1N1CCN(c2ccccc2F)CC1. The molecule has 30 heavy (non-hydrogen) atoms. The molecule has 7 heteroatoms. The van der Waals surface area contributed by atoms with Gasteiger partial charge in [-0.1, -0.05) is 24.3 Å². The lowest BCUT2D eigenvalue weighted by atomic mass is 10.1. The number of rotatable bonds is 3. The summed E-state index contributed by atoms with van der Waals surface area (Å²) in [5.74, 6) is -0.207. The zero-order valence-electron chi connectivity index (χ0n) is 16.2. The maximum absolute atomic E-state index is 14.2. The highest BCUT2D eigenvalue weighted by Crippen LogP contribution is 2.33. The van der Waals surface area contributed by atoms with E-state index < -0.39 is 0 Å². The number of pyridine rings is 1. The molecule has 148 valence electrons. The molecule has 0 unspecified atom stereocenters. The predicted octanol–water partition coefficient (Wildman–Crippen LogP) is 3.76. The zero-order chi connectivity index (χ0) is 20.5. The summed E-state index contributed by atoms with van der Waals surface area (Å²) in [5, 5.41) is 15.0. The van der Waals surface area contributed by atoms with Crippen LogP contribution in [0, 0.1) is 17.1 Å². The molecule has 0 radical (unpaired) electrons. The van der Waals surface area contributed by atoms with Gasteiger partial charge in [-0.15, -0.1) is 0 Å². The minimum Gasteiger partial charge on any atom is -0.366 e. The quantitative estimate of drug-likeness (QED) is 0.526. The smallest absolute Gasteiger partial charge is 0.146 e. The molecule has 1 aliphatic heterocycles. The highest BCUT2D eigenvalue weighted by atomic mass is 19.1. The topological polar surface area (TPSA) is 61.0 Å². The minimum atomic E-state index is -0.207. The van der Waals surface area contributed by atoms with Crippen molar-refractivity contribution in [2.45, 2.75) is 0 Å². The fourth-order valence-electron chi connectivity index (χ4n) is 4.09. The first kappa shape index (κ1) is 18.1. The Labute approximate surface area is 173 Å². The molecule has 0 atom stereocenters. The molecule has 6 nitrogen and oxygen atoms in total. The Morgan fingerprint density at radius 1 is 0.900 bits per heavy atom. The minimum absolute atomic E-state index is 0.207. The average molecular weight is 398 g/mol. The van der Waals surface area contributed by atoms with Gasteiger partial charge in [0.15, 0.2) is 0 Å². The van der Waals surface area contributed by atoms with E-state index in [0.717, 1.165) is 22.3 Å². The van der Waals surface area contributed by atoms with Crippen molar-refractivity contribution in [1.82, 2.24) is 14.8 Å². The molecule has 5 rings (SSSR count). The van der Waals surface area contributed by atoms with Crippen LogP contribution >= 0.6 is 0 Å². The van der Waals surface area contributed by atoms with E-state index in [0.29, 0.717) is 37.4 Å². The summed E-state index contributed by atoms with van der Waals surface area (Å²) in [7, 11) is 0. The van der Waals surface area contributed by atoms with E-state index in [-0.39, 0.29) is 5.82 Å². The number of nitriles is 1. The molecule has 0 saturated carbocycles. The molecular weight excluding hydrogens is 379 g/mol. The van der Waals surface area contributed by atoms with E-state index in [1.54, 1.807) is 23.1 Å². The van der Waals surface area contributed by atoms with Crippen LogP contribution in [0.1, 0.15) is 5.56 Å². The predicted molar refractivity (Wildman–Crippen MR) is 114 cm³/mol. The number of anilines is 2. The third-order valence-corrected chi connectivity index (χ3v) is 5.51. The molecule has 1 saturated heterocycles. The summed E-state index contributed by atoms with van der Waals surface area (Å²) in [6.45, 7) is 2.73. The maximum atomic E-state index is 14.2. The van der Waals surface area contributed by atoms with Crippen molar-refractivity contribution in [3.05, 3.63) is 78.5 Å². The first-order valence-corrected chi connectivity index (χ1v) is 9.82. The zero-order valence-corrected chi connectivity index (χ0v) is 16.2. The molecule has 2 aromatic carbocycles. The number of hydrogen-bond acceptors (Lipinski definition) is 5. The van der Waals surface area contributed by atoms with E-state index >= 15 is 0 Å². The van der Waals surface area contributed by atoms with Gasteiger partial charge in [0.05, 0.1) is 28.1 Å². The first-order chi connectivity index (χ1) is 14.8. The second-order valence-corrected chi connectivity index (χ2v) is 7.18. The molecule has 0 amide bonds. The van der Waals surface area contributed by atoms with E-state index in [1.165, 1.54) is 6.07 Å². The average Bonchev–Trinajstić information content (AvgIpc) is 3.33. The lowest BCUT2D eigenvalue weighted by molar-refractivity contribution is 0.598. The van der Waals surface area contributed by atoms with Gasteiger partial charge in [0.1, 0.15) is 11.9 Å². The van der Waals surface area contributed by atoms with Gasteiger partial charge in [-0.25, -0.2) is 9.07 Å². The molecule has 0 spiro atoms. The monoisotopic (exact) mass is 398 g/mol. The summed E-state index contributed by atoms with van der Waals surface area (Å²) in [6.07, 6.45) is 5.24. The Balaban J connectivity index is 1.52. The van der Waals surface area contributed by atoms with Crippen molar-refractivity contribution in [1.29, 1.82) is 5.26 Å². The van der Waals surface area contributed by atoms with Crippen molar-refractivity contribution in [3.8, 4) is 11.8 Å². The number of hydrogen-bond donors (Lipinski definition) is 0. The van der Waals surface area contributed by atoms with Crippen LogP contribution in [0.4, 0.5) is 15.8 Å². The van der Waals surface area contributed by atoms with Gasteiger partial charge < -0.3 is 9.80 Å². The highest BCUT2D eigenvalue weighted by molar-refractivity contribution is 5.98. The molecule has 4 aromatic rings. The fourth-order valence-corrected chi connectivity index (χ4v) is 4.09. The third-order valence-electron chi connectivity index (χ3n) is 5.51. The normalized spacial score (nSPS) is 14.1. The van der Waals surface area contributed by atoms with Gasteiger partial charge >= 0.3 is 0 Å². The molecule has 0 N–H and O–H groups in total. The number of piperazine rings is 1. The van der Waals surface area contributed by atoms with Crippen molar-refractivity contribution in [2.24, 2.45) is 0 Å². The first-order valence-electron chi connectivity index (χ1n) is 9.82. The largest absolute Gasteiger partial charge is 0.366 e. The van der Waals surface area contributed by atoms with Gasteiger partial charge in [-0.05, 0) is 24.3 Å². The van der Waals surface area contributed by atoms with Crippen LogP contribution in [0.5, 0.6) is 0 Å². The van der Waals surface area contributed by atoms with Crippen LogP contribution in [-0.2, 0) is 0 Å². The molecule has 1 fully saturated rings. The standard InChI is InChI=1S/C23H19FN6/c24-19-6-1-2-7-20(19)28-11-13-29(14-12-28)23-17(15-25)16-26-22-18(23)5-3-8-21(22)30-10-4-9-27-30/h1-10,16H,11-14H2. The molecule has 0 aliphatic carbocycles. The summed E-state index contributed by atoms with van der Waals surface area (Å²) in [6, 6.07) is 16.9. The van der Waals surface area contributed by atoms with Crippen molar-refractivity contribution in [2.75, 3.05) is 36.0 Å². The second kappa shape index (κ2) is 7.48. The molecular formula is C23H19FN6. The Kier molecular flexibility index (Phi) is 4.52. The second-order valence-electron chi connectivity index (χ2n) is 7.18. The number of halogens is 1. The number of aromatic nitrogens is 3. The maximum Gasteiger partial charge on any atom is 0.146 e. The Hall–Kier alpha value is -3.92. The van der Waals surface area contributed by atoms with Gasteiger partial charge in [0, 0.05) is 50.2 Å². The van der Waals surface area contributed by atoms with Gasteiger partial charge in [0.25, 0.3) is 0 Å². The number of benzene rings is 2. The molecule has 0 bridgehead atoms. The summed E-state index contributed by atoms with van der Waals surface area (Å²) in [4.78, 5) is 8.82. The van der Waals surface area contributed by atoms with E-state index in [2.05, 4.69) is 26.0 Å². The third kappa shape index (κ3) is 3.03. The van der Waals surface area contributed by atoms with Crippen LogP contribution in [-0.4, -0.2) is 40.9 Å². The lowest BCUT2D eigenvalue weighted by Gasteiger charge is -2.38. The van der Waals surface area contributed by atoms with Crippen LogP contribution in [0.3, 0.4) is 0 Å². The van der Waals surface area contributed by atoms with Crippen molar-refractivity contribution in [3.63, 3.8) is 0 Å². The Bertz CT molecular complexity index is 1240. The summed E-state index contributed by atoms with van der Waals surface area (Å²) < 4.78 is 16.0. The molecule has 1 aliphatic rings. The number of nitrogens with zero attached hydrogens (tertiary/aromatic N) is 6. The lowest BCUT2D eigenvalue weighted by Crippen LogP contribution is -2.47. The van der Waals surface area contributed by atoms with E-state index in [1.807, 2.05) is 42.6 Å². The summed E-state index contributed by atoms with van der Waals surface area (Å²) in [5.41, 5.74) is 3.71. The van der Waals surface area contributed by atoms with E-state index in [9.17, 15) is 9.65 Å². The van der Waals surface area contributed by atoms with Crippen LogP contribution < -0.4 is 9.80 Å².